The highest BCUT2D eigenvalue weighted by atomic mass is 19.1. The fourth-order valence-electron chi connectivity index (χ4n) is 3.02. The Kier molecular flexibility index (Phi) is 6.85. The Morgan fingerprint density at radius 1 is 1.21 bits per heavy atom. The van der Waals surface area contributed by atoms with Crippen LogP contribution in [0.2, 0.25) is 0 Å². The number of hydrogen-bond donors (Lipinski definition) is 1. The van der Waals surface area contributed by atoms with Gasteiger partial charge in [0.05, 0.1) is 6.54 Å². The molecule has 1 aromatic rings. The summed E-state index contributed by atoms with van der Waals surface area (Å²) in [5.41, 5.74) is 7.20. The molecule has 134 valence electrons. The fraction of sp³-hybridized carbons (Fsp3) is 0.611. The van der Waals surface area contributed by atoms with Gasteiger partial charge in [-0.05, 0) is 44.7 Å². The topological polar surface area (TPSA) is 48.1 Å². The molecule has 0 aliphatic carbocycles. The lowest BCUT2D eigenvalue weighted by Gasteiger charge is -2.36. The zero-order valence-corrected chi connectivity index (χ0v) is 15.1. The van der Waals surface area contributed by atoms with Gasteiger partial charge in [0.25, 0.3) is 0 Å². The lowest BCUT2D eigenvalue weighted by molar-refractivity contribution is 0.240. The highest BCUT2D eigenvalue weighted by Gasteiger charge is 2.18. The molecule has 1 aliphatic rings. The predicted molar refractivity (Wildman–Crippen MR) is 99.1 cm³/mol. The molecule has 6 heteroatoms. The first-order valence-electron chi connectivity index (χ1n) is 8.80. The van der Waals surface area contributed by atoms with Crippen molar-refractivity contribution in [3.63, 3.8) is 0 Å². The van der Waals surface area contributed by atoms with Crippen LogP contribution in [0.4, 0.5) is 10.1 Å². The van der Waals surface area contributed by atoms with Crippen molar-refractivity contribution in [3.05, 3.63) is 30.1 Å². The monoisotopic (exact) mass is 335 g/mol. The van der Waals surface area contributed by atoms with Crippen molar-refractivity contribution < 1.29 is 4.39 Å². The normalized spacial score (nSPS) is 16.3. The molecule has 2 rings (SSSR count). The molecule has 0 spiro atoms. The molecule has 1 fully saturated rings. The predicted octanol–water partition coefficient (Wildman–Crippen LogP) is 1.99. The lowest BCUT2D eigenvalue weighted by Crippen LogP contribution is -2.51. The van der Waals surface area contributed by atoms with E-state index >= 15 is 0 Å². The molecule has 0 saturated carbocycles. The van der Waals surface area contributed by atoms with E-state index in [1.54, 1.807) is 0 Å². The number of rotatable bonds is 6. The zero-order valence-electron chi connectivity index (χ0n) is 15.1. The maximum Gasteiger partial charge on any atom is 0.191 e. The van der Waals surface area contributed by atoms with E-state index in [0.29, 0.717) is 12.0 Å². The summed E-state index contributed by atoms with van der Waals surface area (Å²) in [5, 5.41) is 0. The van der Waals surface area contributed by atoms with Crippen LogP contribution in [0.15, 0.2) is 29.3 Å². The summed E-state index contributed by atoms with van der Waals surface area (Å²) in [6.07, 6.45) is 0. The van der Waals surface area contributed by atoms with Crippen LogP contribution >= 0.6 is 0 Å². The number of nitrogens with two attached hydrogens (primary N) is 1. The van der Waals surface area contributed by atoms with Crippen molar-refractivity contribution >= 4 is 11.6 Å². The number of benzene rings is 1. The molecule has 1 heterocycles. The third-order valence-corrected chi connectivity index (χ3v) is 4.59. The van der Waals surface area contributed by atoms with Crippen LogP contribution in [-0.4, -0.2) is 67.6 Å². The molecule has 2 N–H and O–H groups in total. The summed E-state index contributed by atoms with van der Waals surface area (Å²) in [7, 11) is 0. The number of aliphatic imine (C=N–C) groups is 1. The maximum atomic E-state index is 13.0. The largest absolute Gasteiger partial charge is 0.370 e. The second-order valence-electron chi connectivity index (χ2n) is 6.41. The van der Waals surface area contributed by atoms with Gasteiger partial charge in [-0.25, -0.2) is 4.39 Å². The molecule has 1 aromatic carbocycles. The Labute approximate surface area is 144 Å². The Bertz CT molecular complexity index is 521. The van der Waals surface area contributed by atoms with Gasteiger partial charge in [-0.3, -0.25) is 9.89 Å². The molecule has 1 saturated heterocycles. The van der Waals surface area contributed by atoms with E-state index in [-0.39, 0.29) is 5.82 Å². The Morgan fingerprint density at radius 3 is 2.38 bits per heavy atom. The van der Waals surface area contributed by atoms with Crippen LogP contribution in [-0.2, 0) is 0 Å². The van der Waals surface area contributed by atoms with Gasteiger partial charge in [0.1, 0.15) is 5.82 Å². The smallest absolute Gasteiger partial charge is 0.191 e. The molecule has 5 nitrogen and oxygen atoms in total. The summed E-state index contributed by atoms with van der Waals surface area (Å²) in [6, 6.07) is 7.20. The van der Waals surface area contributed by atoms with Crippen LogP contribution in [0.5, 0.6) is 0 Å². The Balaban J connectivity index is 1.80. The number of anilines is 1. The molecule has 0 atom stereocenters. The highest BCUT2D eigenvalue weighted by molar-refractivity contribution is 5.78. The molecular weight excluding hydrogens is 305 g/mol. The van der Waals surface area contributed by atoms with Crippen LogP contribution in [0.1, 0.15) is 20.8 Å². The minimum absolute atomic E-state index is 0.198. The summed E-state index contributed by atoms with van der Waals surface area (Å²) in [4.78, 5) is 11.3. The average molecular weight is 335 g/mol. The first-order chi connectivity index (χ1) is 11.5. The number of hydrogen-bond acceptors (Lipinski definition) is 3. The number of nitrogens with zero attached hydrogens (tertiary/aromatic N) is 4. The third kappa shape index (κ3) is 5.09. The van der Waals surface area contributed by atoms with E-state index in [4.69, 9.17) is 5.73 Å². The van der Waals surface area contributed by atoms with Gasteiger partial charge in [0.15, 0.2) is 5.96 Å². The molecular formula is C18H30FN5. The van der Waals surface area contributed by atoms with Crippen molar-refractivity contribution in [2.24, 2.45) is 10.7 Å². The third-order valence-electron chi connectivity index (χ3n) is 4.59. The summed E-state index contributed by atoms with van der Waals surface area (Å²) in [6.45, 7) is 12.7. The van der Waals surface area contributed by atoms with Gasteiger partial charge in [-0.1, -0.05) is 6.92 Å². The molecule has 0 bridgehead atoms. The number of halogens is 1. The summed E-state index contributed by atoms with van der Waals surface area (Å²) < 4.78 is 13.0. The van der Waals surface area contributed by atoms with E-state index in [1.165, 1.54) is 12.1 Å². The van der Waals surface area contributed by atoms with Crippen molar-refractivity contribution in [2.75, 3.05) is 50.7 Å². The first kappa shape index (κ1) is 18.5. The minimum Gasteiger partial charge on any atom is -0.370 e. The number of guanidine groups is 1. The van der Waals surface area contributed by atoms with Gasteiger partial charge >= 0.3 is 0 Å². The van der Waals surface area contributed by atoms with E-state index in [1.807, 2.05) is 12.1 Å². The van der Waals surface area contributed by atoms with E-state index in [0.717, 1.165) is 51.5 Å². The lowest BCUT2D eigenvalue weighted by atomic mass is 10.2. The van der Waals surface area contributed by atoms with Gasteiger partial charge < -0.3 is 15.5 Å². The van der Waals surface area contributed by atoms with Crippen molar-refractivity contribution in [3.8, 4) is 0 Å². The van der Waals surface area contributed by atoms with E-state index in [2.05, 4.69) is 40.5 Å². The zero-order chi connectivity index (χ0) is 17.5. The van der Waals surface area contributed by atoms with Crippen molar-refractivity contribution in [1.29, 1.82) is 0 Å². The average Bonchev–Trinajstić information content (AvgIpc) is 2.59. The quantitative estimate of drug-likeness (QED) is 0.638. The van der Waals surface area contributed by atoms with Gasteiger partial charge in [-0.2, -0.15) is 0 Å². The second-order valence-corrected chi connectivity index (χ2v) is 6.41. The summed E-state index contributed by atoms with van der Waals surface area (Å²) >= 11 is 0. The van der Waals surface area contributed by atoms with Gasteiger partial charge in [-0.15, -0.1) is 0 Å². The maximum absolute atomic E-state index is 13.0. The van der Waals surface area contributed by atoms with Crippen molar-refractivity contribution in [1.82, 2.24) is 9.80 Å². The van der Waals surface area contributed by atoms with Crippen LogP contribution in [0.25, 0.3) is 0 Å². The molecule has 24 heavy (non-hydrogen) atoms. The van der Waals surface area contributed by atoms with E-state index in [9.17, 15) is 4.39 Å². The molecule has 0 amide bonds. The number of likely N-dealkylation sites (N-methyl/N-ethyl adjacent to an activating group) is 1. The number of piperazine rings is 1. The van der Waals surface area contributed by atoms with Crippen LogP contribution in [0, 0.1) is 5.82 Å². The highest BCUT2D eigenvalue weighted by Crippen LogP contribution is 2.16. The summed E-state index contributed by atoms with van der Waals surface area (Å²) in [5.74, 6) is 0.435. The fourth-order valence-corrected chi connectivity index (χ4v) is 3.02. The van der Waals surface area contributed by atoms with Gasteiger partial charge in [0, 0.05) is 44.5 Å². The van der Waals surface area contributed by atoms with Crippen LogP contribution < -0.4 is 10.6 Å². The Morgan fingerprint density at radius 2 is 1.83 bits per heavy atom. The molecule has 0 radical (unpaired) electrons. The minimum atomic E-state index is -0.198. The van der Waals surface area contributed by atoms with E-state index < -0.39 is 0 Å². The molecule has 1 aliphatic heterocycles. The van der Waals surface area contributed by atoms with Gasteiger partial charge in [0.2, 0.25) is 0 Å². The second kappa shape index (κ2) is 8.87. The van der Waals surface area contributed by atoms with Crippen molar-refractivity contribution in [2.45, 2.75) is 26.8 Å². The standard InChI is InChI=1S/C18H30FN5/c1-4-22(15(2)3)10-9-21-18(20)24-13-11-23(12-14-24)17-7-5-16(19)6-8-17/h5-8,15H,4,9-14H2,1-3H3,(H2,20,21). The Hall–Kier alpha value is -1.82. The van der Waals surface area contributed by atoms with Crippen LogP contribution in [0.3, 0.4) is 0 Å². The SMILES string of the molecule is CCN(CCN=C(N)N1CCN(c2ccc(F)cc2)CC1)C(C)C. The molecule has 0 aromatic heterocycles. The first-order valence-corrected chi connectivity index (χ1v) is 8.80. The molecule has 0 unspecified atom stereocenters.